The van der Waals surface area contributed by atoms with Crippen molar-refractivity contribution in [1.82, 2.24) is 0 Å². The van der Waals surface area contributed by atoms with Crippen molar-refractivity contribution in [3.8, 4) is 6.07 Å². The molecular weight excluding hydrogens is 154 g/mol. The minimum Gasteiger partial charge on any atom is -0.468 e. The van der Waals surface area contributed by atoms with E-state index >= 15 is 0 Å². The van der Waals surface area contributed by atoms with Gasteiger partial charge < -0.3 is 4.74 Å². The number of hydrogen-bond acceptors (Lipinski definition) is 3. The van der Waals surface area contributed by atoms with Crippen LogP contribution in [0.1, 0.15) is 12.8 Å². The summed E-state index contributed by atoms with van der Waals surface area (Å²) in [5.41, 5.74) is 0. The quantitative estimate of drug-likeness (QED) is 0.460. The molecule has 0 aromatic rings. The van der Waals surface area contributed by atoms with Crippen LogP contribution in [0.2, 0.25) is 0 Å². The van der Waals surface area contributed by atoms with Crippen LogP contribution in [0.4, 0.5) is 0 Å². The predicted molar refractivity (Wildman–Crippen MR) is 36.5 cm³/mol. The standard InChI is InChI=1S/C6H8ClNO2/c1-10-6(9)5(7)3-2-4-8/h5H,2-3H2,1H3. The molecule has 10 heavy (non-hydrogen) atoms. The van der Waals surface area contributed by atoms with Gasteiger partial charge >= 0.3 is 5.97 Å². The van der Waals surface area contributed by atoms with Gasteiger partial charge in [-0.15, -0.1) is 11.6 Å². The number of nitriles is 1. The smallest absolute Gasteiger partial charge is 0.323 e. The van der Waals surface area contributed by atoms with Crippen molar-refractivity contribution in [2.24, 2.45) is 0 Å². The van der Waals surface area contributed by atoms with E-state index in [2.05, 4.69) is 4.74 Å². The number of methoxy groups -OCH3 is 1. The first-order valence-corrected chi connectivity index (χ1v) is 3.25. The van der Waals surface area contributed by atoms with E-state index in [-0.39, 0.29) is 6.42 Å². The van der Waals surface area contributed by atoms with E-state index in [4.69, 9.17) is 16.9 Å². The van der Waals surface area contributed by atoms with E-state index in [1.807, 2.05) is 6.07 Å². The second-order valence-corrected chi connectivity index (χ2v) is 2.21. The molecule has 0 aliphatic rings. The van der Waals surface area contributed by atoms with E-state index in [1.54, 1.807) is 0 Å². The Morgan fingerprint density at radius 2 is 2.50 bits per heavy atom. The van der Waals surface area contributed by atoms with Gasteiger partial charge in [0, 0.05) is 6.42 Å². The van der Waals surface area contributed by atoms with Crippen molar-refractivity contribution < 1.29 is 9.53 Å². The molecule has 0 fully saturated rings. The topological polar surface area (TPSA) is 50.1 Å². The van der Waals surface area contributed by atoms with Gasteiger partial charge in [0.05, 0.1) is 13.2 Å². The van der Waals surface area contributed by atoms with Crippen molar-refractivity contribution in [2.45, 2.75) is 18.2 Å². The fourth-order valence-electron chi connectivity index (χ4n) is 0.437. The normalized spacial score (nSPS) is 11.7. The molecule has 0 amide bonds. The number of alkyl halides is 1. The third kappa shape index (κ3) is 3.31. The summed E-state index contributed by atoms with van der Waals surface area (Å²) in [5.74, 6) is -0.475. The zero-order chi connectivity index (χ0) is 7.98. The molecular formula is C6H8ClNO2. The lowest BCUT2D eigenvalue weighted by molar-refractivity contribution is -0.140. The molecule has 0 aromatic heterocycles. The highest BCUT2D eigenvalue weighted by Gasteiger charge is 2.13. The lowest BCUT2D eigenvalue weighted by Gasteiger charge is -2.02. The van der Waals surface area contributed by atoms with Crippen LogP contribution in [0.3, 0.4) is 0 Å². The molecule has 0 bridgehead atoms. The maximum atomic E-state index is 10.6. The molecule has 3 nitrogen and oxygen atoms in total. The second-order valence-electron chi connectivity index (χ2n) is 1.69. The number of rotatable bonds is 3. The summed E-state index contributed by atoms with van der Waals surface area (Å²) < 4.78 is 4.33. The van der Waals surface area contributed by atoms with Gasteiger partial charge in [0.2, 0.25) is 0 Å². The average molecular weight is 162 g/mol. The highest BCUT2D eigenvalue weighted by atomic mass is 35.5. The maximum Gasteiger partial charge on any atom is 0.323 e. The number of hydrogen-bond donors (Lipinski definition) is 0. The summed E-state index contributed by atoms with van der Waals surface area (Å²) in [4.78, 5) is 10.6. The molecule has 4 heteroatoms. The zero-order valence-electron chi connectivity index (χ0n) is 5.63. The Morgan fingerprint density at radius 1 is 1.90 bits per heavy atom. The molecule has 0 rings (SSSR count). The number of nitrogens with zero attached hydrogens (tertiary/aromatic N) is 1. The van der Waals surface area contributed by atoms with Gasteiger partial charge in [0.15, 0.2) is 0 Å². The number of carbonyl (C=O) groups is 1. The number of ether oxygens (including phenoxy) is 1. The largest absolute Gasteiger partial charge is 0.468 e. The molecule has 0 spiro atoms. The molecule has 0 saturated carbocycles. The molecule has 1 atom stereocenters. The Hall–Kier alpha value is -0.750. The highest BCUT2D eigenvalue weighted by molar-refractivity contribution is 6.29. The van der Waals surface area contributed by atoms with Crippen LogP contribution in [0, 0.1) is 11.3 Å². The maximum absolute atomic E-state index is 10.6. The van der Waals surface area contributed by atoms with Gasteiger partial charge in [-0.1, -0.05) is 0 Å². The van der Waals surface area contributed by atoms with Crippen LogP contribution in [0.25, 0.3) is 0 Å². The Morgan fingerprint density at radius 3 is 2.90 bits per heavy atom. The second kappa shape index (κ2) is 5.07. The van der Waals surface area contributed by atoms with Gasteiger partial charge in [0.25, 0.3) is 0 Å². The lowest BCUT2D eigenvalue weighted by Crippen LogP contribution is -2.15. The minimum atomic E-state index is -0.676. The minimum absolute atomic E-state index is 0.281. The molecule has 0 N–H and O–H groups in total. The Labute approximate surface area is 64.5 Å². The van der Waals surface area contributed by atoms with Crippen molar-refractivity contribution in [2.75, 3.05) is 7.11 Å². The lowest BCUT2D eigenvalue weighted by atomic mass is 10.2. The number of halogens is 1. The molecule has 0 aliphatic heterocycles. The summed E-state index contributed by atoms with van der Waals surface area (Å²) >= 11 is 5.48. The third-order valence-electron chi connectivity index (χ3n) is 0.967. The molecule has 0 aromatic carbocycles. The first kappa shape index (κ1) is 9.25. The van der Waals surface area contributed by atoms with E-state index in [0.717, 1.165) is 0 Å². The SMILES string of the molecule is COC(=O)C(Cl)CCC#N. The molecule has 1 unspecified atom stereocenters. The van der Waals surface area contributed by atoms with E-state index in [1.165, 1.54) is 7.11 Å². The highest BCUT2D eigenvalue weighted by Crippen LogP contribution is 2.05. The number of carbonyl (C=O) groups excluding carboxylic acids is 1. The van der Waals surface area contributed by atoms with Gasteiger partial charge in [-0.25, -0.2) is 0 Å². The van der Waals surface area contributed by atoms with Crippen molar-refractivity contribution in [3.05, 3.63) is 0 Å². The van der Waals surface area contributed by atoms with E-state index in [9.17, 15) is 4.79 Å². The van der Waals surface area contributed by atoms with E-state index < -0.39 is 11.3 Å². The van der Waals surface area contributed by atoms with Crippen LogP contribution in [-0.2, 0) is 9.53 Å². The van der Waals surface area contributed by atoms with Crippen LogP contribution in [0.5, 0.6) is 0 Å². The molecule has 0 heterocycles. The fraction of sp³-hybridized carbons (Fsp3) is 0.667. The van der Waals surface area contributed by atoms with Crippen LogP contribution in [-0.4, -0.2) is 18.5 Å². The van der Waals surface area contributed by atoms with Crippen LogP contribution in [0.15, 0.2) is 0 Å². The summed E-state index contributed by atoms with van der Waals surface area (Å²) in [6.07, 6.45) is 0.633. The fourth-order valence-corrected chi connectivity index (χ4v) is 0.635. The van der Waals surface area contributed by atoms with Crippen molar-refractivity contribution >= 4 is 17.6 Å². The summed E-state index contributed by atoms with van der Waals surface area (Å²) in [6, 6.07) is 1.89. The van der Waals surface area contributed by atoms with Gasteiger partial charge in [-0.3, -0.25) is 4.79 Å². The predicted octanol–water partition coefficient (Wildman–Crippen LogP) is 1.07. The summed E-state index contributed by atoms with van der Waals surface area (Å²) in [5, 5.41) is 7.43. The summed E-state index contributed by atoms with van der Waals surface area (Å²) in [7, 11) is 1.27. The van der Waals surface area contributed by atoms with Crippen LogP contribution >= 0.6 is 11.6 Å². The summed E-state index contributed by atoms with van der Waals surface area (Å²) in [6.45, 7) is 0. The van der Waals surface area contributed by atoms with Crippen molar-refractivity contribution in [1.29, 1.82) is 5.26 Å². The first-order valence-electron chi connectivity index (χ1n) is 2.81. The monoisotopic (exact) mass is 161 g/mol. The Kier molecular flexibility index (Phi) is 4.69. The molecule has 0 saturated heterocycles. The Balaban J connectivity index is 3.53. The van der Waals surface area contributed by atoms with Crippen LogP contribution < -0.4 is 0 Å². The van der Waals surface area contributed by atoms with Crippen molar-refractivity contribution in [3.63, 3.8) is 0 Å². The average Bonchev–Trinajstić information content (AvgIpc) is 1.98. The van der Waals surface area contributed by atoms with Gasteiger partial charge in [-0.2, -0.15) is 5.26 Å². The molecule has 56 valence electrons. The molecule has 0 aliphatic carbocycles. The van der Waals surface area contributed by atoms with Gasteiger partial charge in [-0.05, 0) is 6.42 Å². The van der Waals surface area contributed by atoms with Gasteiger partial charge in [0.1, 0.15) is 5.38 Å². The zero-order valence-corrected chi connectivity index (χ0v) is 6.39. The Bertz CT molecular complexity index is 152. The number of esters is 1. The first-order chi connectivity index (χ1) is 4.72. The molecule has 0 radical (unpaired) electrons. The van der Waals surface area contributed by atoms with E-state index in [0.29, 0.717) is 6.42 Å². The third-order valence-corrected chi connectivity index (χ3v) is 1.36.